The molecule has 0 bridgehead atoms. The molecule has 126 valence electrons. The number of nitrogens with one attached hydrogen (secondary N) is 1. The minimum absolute atomic E-state index is 0.0105. The second-order valence-corrected chi connectivity index (χ2v) is 9.55. The van der Waals surface area contributed by atoms with E-state index in [-0.39, 0.29) is 6.10 Å². The van der Waals surface area contributed by atoms with Gasteiger partial charge >= 0.3 is 0 Å². The zero-order valence-electron chi connectivity index (χ0n) is 14.8. The first-order valence-corrected chi connectivity index (χ1v) is 9.84. The quantitative estimate of drug-likeness (QED) is 0.768. The Kier molecular flexibility index (Phi) is 3.66. The molecule has 2 N–H and O–H groups in total. The van der Waals surface area contributed by atoms with Crippen LogP contribution in [0.15, 0.2) is 0 Å². The normalized spacial score (nSPS) is 57.8. The smallest absolute Gasteiger partial charge is 0.0543 e. The molecule has 0 unspecified atom stereocenters. The lowest BCUT2D eigenvalue weighted by atomic mass is 9.45. The molecule has 4 fully saturated rings. The van der Waals surface area contributed by atoms with Crippen molar-refractivity contribution in [2.45, 2.75) is 83.8 Å². The van der Waals surface area contributed by atoms with Crippen molar-refractivity contribution in [1.29, 1.82) is 0 Å². The van der Waals surface area contributed by atoms with Crippen molar-refractivity contribution in [1.82, 2.24) is 5.32 Å². The van der Waals surface area contributed by atoms with Gasteiger partial charge < -0.3 is 10.4 Å². The van der Waals surface area contributed by atoms with Crippen LogP contribution in [0, 0.1) is 34.5 Å². The van der Waals surface area contributed by atoms with Gasteiger partial charge in [-0.15, -0.1) is 0 Å². The minimum atomic E-state index is -0.0105. The highest BCUT2D eigenvalue weighted by Gasteiger charge is 2.59. The van der Waals surface area contributed by atoms with Gasteiger partial charge in [0.2, 0.25) is 0 Å². The first-order valence-electron chi connectivity index (χ1n) is 9.84. The van der Waals surface area contributed by atoms with Crippen LogP contribution in [0.4, 0.5) is 0 Å². The lowest BCUT2D eigenvalue weighted by Gasteiger charge is -2.61. The fraction of sp³-hybridized carbons (Fsp3) is 1.00. The van der Waals surface area contributed by atoms with Gasteiger partial charge in [-0.3, -0.25) is 0 Å². The molecule has 0 aromatic rings. The molecule has 0 aromatic heterocycles. The standard InChI is InChI=1S/C20H35NO/c1-19-10-8-14(22)12-13(19)4-5-15-16-6-7-18(21-3)20(16,2)11-9-17(15)19/h13-18,21-22H,4-12H2,1-3H3/t13-,14-,15-,16+,17-,18-,19-,20+/m0/s1. The molecular formula is C20H35NO. The van der Waals surface area contributed by atoms with Gasteiger partial charge in [-0.25, -0.2) is 0 Å². The van der Waals surface area contributed by atoms with Crippen molar-refractivity contribution < 1.29 is 5.11 Å². The molecule has 0 heterocycles. The highest BCUT2D eigenvalue weighted by Crippen LogP contribution is 2.66. The summed E-state index contributed by atoms with van der Waals surface area (Å²) in [6.07, 6.45) is 11.9. The number of aliphatic hydroxyl groups excluding tert-OH is 1. The Morgan fingerprint density at radius 2 is 1.59 bits per heavy atom. The molecule has 2 nitrogen and oxygen atoms in total. The first-order chi connectivity index (χ1) is 10.5. The van der Waals surface area contributed by atoms with Gasteiger partial charge in [0.25, 0.3) is 0 Å². The van der Waals surface area contributed by atoms with Gasteiger partial charge in [0.1, 0.15) is 0 Å². The van der Waals surface area contributed by atoms with Crippen LogP contribution in [-0.2, 0) is 0 Å². The summed E-state index contributed by atoms with van der Waals surface area (Å²) < 4.78 is 0. The van der Waals surface area contributed by atoms with Gasteiger partial charge in [0.15, 0.2) is 0 Å². The van der Waals surface area contributed by atoms with E-state index >= 15 is 0 Å². The highest BCUT2D eigenvalue weighted by molar-refractivity contribution is 5.10. The number of hydrogen-bond donors (Lipinski definition) is 2. The maximum Gasteiger partial charge on any atom is 0.0543 e. The third-order valence-corrected chi connectivity index (χ3v) is 8.99. The van der Waals surface area contributed by atoms with Crippen molar-refractivity contribution in [2.75, 3.05) is 7.05 Å². The van der Waals surface area contributed by atoms with E-state index in [1.54, 1.807) is 0 Å². The van der Waals surface area contributed by atoms with Crippen LogP contribution in [0.1, 0.15) is 71.6 Å². The Labute approximate surface area is 136 Å². The van der Waals surface area contributed by atoms with Crippen LogP contribution < -0.4 is 5.32 Å². The van der Waals surface area contributed by atoms with Crippen molar-refractivity contribution >= 4 is 0 Å². The molecule has 4 aliphatic carbocycles. The second-order valence-electron chi connectivity index (χ2n) is 9.55. The largest absolute Gasteiger partial charge is 0.393 e. The molecule has 0 amide bonds. The zero-order chi connectivity index (χ0) is 15.5. The third kappa shape index (κ3) is 1.99. The van der Waals surface area contributed by atoms with Crippen LogP contribution in [-0.4, -0.2) is 24.3 Å². The van der Waals surface area contributed by atoms with E-state index in [4.69, 9.17) is 0 Å². The predicted octanol–water partition coefficient (Wildman–Crippen LogP) is 3.98. The Hall–Kier alpha value is -0.0800. The average molecular weight is 306 g/mol. The number of aliphatic hydroxyl groups is 1. The Morgan fingerprint density at radius 1 is 0.864 bits per heavy atom. The Morgan fingerprint density at radius 3 is 2.36 bits per heavy atom. The summed E-state index contributed by atoms with van der Waals surface area (Å²) >= 11 is 0. The molecule has 0 spiro atoms. The monoisotopic (exact) mass is 305 g/mol. The Bertz CT molecular complexity index is 437. The summed E-state index contributed by atoms with van der Waals surface area (Å²) in [6.45, 7) is 5.18. The third-order valence-electron chi connectivity index (χ3n) is 8.99. The summed E-state index contributed by atoms with van der Waals surface area (Å²) in [7, 11) is 2.17. The van der Waals surface area contributed by atoms with E-state index < -0.39 is 0 Å². The minimum Gasteiger partial charge on any atom is -0.393 e. The van der Waals surface area contributed by atoms with E-state index in [0.29, 0.717) is 10.8 Å². The van der Waals surface area contributed by atoms with E-state index in [0.717, 1.165) is 42.6 Å². The van der Waals surface area contributed by atoms with E-state index in [1.165, 1.54) is 44.9 Å². The SMILES string of the molecule is CN[C@H]1CC[C@@H]2[C@@H]3CC[C@H]4C[C@@H](O)CC[C@]4(C)[C@H]3CC[C@@]12C. The maximum absolute atomic E-state index is 10.1. The number of rotatable bonds is 1. The first kappa shape index (κ1) is 15.4. The van der Waals surface area contributed by atoms with Crippen LogP contribution in [0.3, 0.4) is 0 Å². The summed E-state index contributed by atoms with van der Waals surface area (Å²) in [5.41, 5.74) is 1.08. The van der Waals surface area contributed by atoms with Crippen LogP contribution in [0.25, 0.3) is 0 Å². The van der Waals surface area contributed by atoms with Crippen molar-refractivity contribution in [3.8, 4) is 0 Å². The lowest BCUT2D eigenvalue weighted by molar-refractivity contribution is -0.123. The molecule has 0 saturated heterocycles. The summed E-state index contributed by atoms with van der Waals surface area (Å²) in [5, 5.41) is 13.7. The molecule has 4 aliphatic rings. The Balaban J connectivity index is 1.61. The molecule has 22 heavy (non-hydrogen) atoms. The van der Waals surface area contributed by atoms with Crippen LogP contribution >= 0.6 is 0 Å². The molecule has 0 aromatic carbocycles. The van der Waals surface area contributed by atoms with Crippen molar-refractivity contribution in [3.63, 3.8) is 0 Å². The summed E-state index contributed by atoms with van der Waals surface area (Å²) in [6, 6.07) is 0.747. The number of hydrogen-bond acceptors (Lipinski definition) is 2. The zero-order valence-corrected chi connectivity index (χ0v) is 14.8. The molecule has 0 radical (unpaired) electrons. The van der Waals surface area contributed by atoms with Crippen molar-refractivity contribution in [2.24, 2.45) is 34.5 Å². The fourth-order valence-corrected chi connectivity index (χ4v) is 7.71. The van der Waals surface area contributed by atoms with Crippen molar-refractivity contribution in [3.05, 3.63) is 0 Å². The molecule has 8 atom stereocenters. The van der Waals surface area contributed by atoms with E-state index in [1.807, 2.05) is 0 Å². The van der Waals surface area contributed by atoms with Gasteiger partial charge in [-0.2, -0.15) is 0 Å². The average Bonchev–Trinajstić information content (AvgIpc) is 2.84. The summed E-state index contributed by atoms with van der Waals surface area (Å²) in [5.74, 6) is 3.65. The van der Waals surface area contributed by atoms with Gasteiger partial charge in [0, 0.05) is 6.04 Å². The van der Waals surface area contributed by atoms with Gasteiger partial charge in [-0.1, -0.05) is 13.8 Å². The van der Waals surface area contributed by atoms with Gasteiger partial charge in [0.05, 0.1) is 6.10 Å². The van der Waals surface area contributed by atoms with Crippen LogP contribution in [0.5, 0.6) is 0 Å². The highest BCUT2D eigenvalue weighted by atomic mass is 16.3. The molecular weight excluding hydrogens is 270 g/mol. The molecule has 4 rings (SSSR count). The fourth-order valence-electron chi connectivity index (χ4n) is 7.71. The second kappa shape index (κ2) is 5.21. The lowest BCUT2D eigenvalue weighted by Crippen LogP contribution is -2.55. The van der Waals surface area contributed by atoms with Crippen LogP contribution in [0.2, 0.25) is 0 Å². The predicted molar refractivity (Wildman–Crippen MR) is 90.6 cm³/mol. The maximum atomic E-state index is 10.1. The van der Waals surface area contributed by atoms with E-state index in [9.17, 15) is 5.11 Å². The topological polar surface area (TPSA) is 32.3 Å². The molecule has 2 heteroatoms. The number of fused-ring (bicyclic) bond motifs is 5. The van der Waals surface area contributed by atoms with E-state index in [2.05, 4.69) is 26.2 Å². The van der Waals surface area contributed by atoms with Gasteiger partial charge in [-0.05, 0) is 99.3 Å². The summed E-state index contributed by atoms with van der Waals surface area (Å²) in [4.78, 5) is 0. The molecule has 4 saturated carbocycles. The molecule has 0 aliphatic heterocycles.